The van der Waals surface area contributed by atoms with Gasteiger partial charge in [-0.3, -0.25) is 9.59 Å². The van der Waals surface area contributed by atoms with Gasteiger partial charge in [0.05, 0.1) is 12.1 Å². The summed E-state index contributed by atoms with van der Waals surface area (Å²) < 4.78 is 0. The number of rotatable bonds is 6. The number of aromatic amines is 2. The molecule has 0 aliphatic carbocycles. The van der Waals surface area contributed by atoms with Crippen molar-refractivity contribution in [3.8, 4) is 11.3 Å². The molecule has 2 aromatic carbocycles. The summed E-state index contributed by atoms with van der Waals surface area (Å²) in [5.74, 6) is 0.602. The van der Waals surface area contributed by atoms with E-state index in [1.807, 2.05) is 32.0 Å². The molecule has 6 N–H and O–H groups in total. The number of benzene rings is 2. The smallest absolute Gasteiger partial charge is 0.251 e. The van der Waals surface area contributed by atoms with Crippen LogP contribution in [-0.4, -0.2) is 44.8 Å². The number of carbonyl (C=O) groups excluding carboxylic acids is 2. The normalized spacial score (nSPS) is 10.7. The lowest BCUT2D eigenvalue weighted by atomic mass is 10.1. The van der Waals surface area contributed by atoms with E-state index in [1.54, 1.807) is 18.2 Å². The summed E-state index contributed by atoms with van der Waals surface area (Å²) in [4.78, 5) is 39.1. The summed E-state index contributed by atoms with van der Waals surface area (Å²) in [7, 11) is 0. The summed E-state index contributed by atoms with van der Waals surface area (Å²) in [6, 6.07) is 19.5. The predicted octanol–water partition coefficient (Wildman–Crippen LogP) is 4.11. The van der Waals surface area contributed by atoms with Gasteiger partial charge in [0.1, 0.15) is 11.6 Å². The van der Waals surface area contributed by atoms with Crippen LogP contribution in [0.1, 0.15) is 35.6 Å². The standard InChI is InChI=1S/C20H21N7O2.C8H10/c1-3-22-17(28)9-23-20(29)11-4-5-14-12(6-11)7-15(26-14)13-8-16(21)27-19-18(13)24-10(2)25-19;1-2-8-6-4-3-5-7-8/h4-8,26H,3,9H2,1-2H3,(H,22,28)(H,23,29)(H3,21,24,25,27);3-7H,2H2,1H3. The number of hydrogen-bond acceptors (Lipinski definition) is 5. The Hall–Kier alpha value is -4.66. The third-order valence-electron chi connectivity index (χ3n) is 5.81. The Kier molecular flexibility index (Phi) is 7.83. The molecule has 0 fully saturated rings. The highest BCUT2D eigenvalue weighted by molar-refractivity contribution is 6.01. The molecular weight excluding hydrogens is 466 g/mol. The number of likely N-dealkylation sites (N-methyl/N-ethyl adjacent to an activating group) is 1. The summed E-state index contributed by atoms with van der Waals surface area (Å²) in [5.41, 5.74) is 11.7. The third kappa shape index (κ3) is 6.13. The fourth-order valence-electron chi connectivity index (χ4n) is 3.99. The van der Waals surface area contributed by atoms with Gasteiger partial charge in [-0.05, 0) is 56.2 Å². The molecule has 0 spiro atoms. The molecule has 0 aliphatic rings. The van der Waals surface area contributed by atoms with Crippen molar-refractivity contribution in [2.45, 2.75) is 27.2 Å². The fourth-order valence-corrected chi connectivity index (χ4v) is 3.99. The van der Waals surface area contributed by atoms with Crippen molar-refractivity contribution >= 4 is 39.7 Å². The molecule has 5 rings (SSSR count). The number of nitrogen functional groups attached to an aromatic ring is 1. The van der Waals surface area contributed by atoms with E-state index in [0.29, 0.717) is 23.6 Å². The molecule has 0 radical (unpaired) electrons. The third-order valence-corrected chi connectivity index (χ3v) is 5.81. The molecule has 3 aromatic heterocycles. The number of nitrogens with zero attached hydrogens (tertiary/aromatic N) is 2. The summed E-state index contributed by atoms with van der Waals surface area (Å²) in [6.45, 7) is 6.31. The van der Waals surface area contributed by atoms with Crippen LogP contribution in [0.5, 0.6) is 0 Å². The number of pyridine rings is 1. The first-order chi connectivity index (χ1) is 17.9. The zero-order valence-electron chi connectivity index (χ0n) is 21.2. The molecule has 9 nitrogen and oxygen atoms in total. The van der Waals surface area contributed by atoms with E-state index in [9.17, 15) is 9.59 Å². The number of fused-ring (bicyclic) bond motifs is 2. The lowest BCUT2D eigenvalue weighted by Crippen LogP contribution is -2.36. The number of nitrogens with two attached hydrogens (primary N) is 1. The molecular formula is C28H31N7O2. The van der Waals surface area contributed by atoms with E-state index in [-0.39, 0.29) is 18.4 Å². The molecule has 0 unspecified atom stereocenters. The van der Waals surface area contributed by atoms with Crippen LogP contribution in [0.3, 0.4) is 0 Å². The van der Waals surface area contributed by atoms with Gasteiger partial charge in [0.25, 0.3) is 5.91 Å². The van der Waals surface area contributed by atoms with Crippen LogP contribution in [0.4, 0.5) is 5.82 Å². The number of H-pyrrole nitrogens is 2. The van der Waals surface area contributed by atoms with Crippen molar-refractivity contribution in [1.82, 2.24) is 30.6 Å². The Labute approximate surface area is 214 Å². The zero-order valence-corrected chi connectivity index (χ0v) is 21.2. The van der Waals surface area contributed by atoms with Crippen LogP contribution in [0.25, 0.3) is 33.3 Å². The Morgan fingerprint density at radius 3 is 2.43 bits per heavy atom. The summed E-state index contributed by atoms with van der Waals surface area (Å²) in [6.07, 6.45) is 1.14. The predicted molar refractivity (Wildman–Crippen MR) is 147 cm³/mol. The number of carbonyl (C=O) groups is 2. The molecule has 0 aliphatic heterocycles. The maximum Gasteiger partial charge on any atom is 0.251 e. The fraction of sp³-hybridized carbons (Fsp3) is 0.214. The van der Waals surface area contributed by atoms with Crippen molar-refractivity contribution in [3.05, 3.63) is 77.6 Å². The second-order valence-electron chi connectivity index (χ2n) is 8.58. The van der Waals surface area contributed by atoms with Crippen LogP contribution < -0.4 is 16.4 Å². The number of aromatic nitrogens is 4. The number of nitrogens with one attached hydrogen (secondary N) is 4. The van der Waals surface area contributed by atoms with Gasteiger partial charge in [-0.2, -0.15) is 0 Å². The van der Waals surface area contributed by atoms with E-state index < -0.39 is 0 Å². The highest BCUT2D eigenvalue weighted by atomic mass is 16.2. The SMILES string of the molecule is CCNC(=O)CNC(=O)c1ccc2[nH]c(-c3cc(N)nc4nc(C)[nH]c34)cc2c1.CCc1ccccc1. The minimum atomic E-state index is -0.305. The van der Waals surface area contributed by atoms with Crippen LogP contribution >= 0.6 is 0 Å². The van der Waals surface area contributed by atoms with E-state index in [4.69, 9.17) is 5.73 Å². The van der Waals surface area contributed by atoms with Gasteiger partial charge < -0.3 is 26.3 Å². The Bertz CT molecular complexity index is 1540. The molecule has 0 atom stereocenters. The molecule has 2 amide bonds. The Morgan fingerprint density at radius 2 is 1.73 bits per heavy atom. The van der Waals surface area contributed by atoms with Gasteiger partial charge in [0, 0.05) is 34.3 Å². The van der Waals surface area contributed by atoms with Crippen molar-refractivity contribution in [1.29, 1.82) is 0 Å². The number of aryl methyl sites for hydroxylation is 2. The topological polar surface area (TPSA) is 142 Å². The van der Waals surface area contributed by atoms with E-state index in [2.05, 4.69) is 61.8 Å². The van der Waals surface area contributed by atoms with Crippen LogP contribution in [0.2, 0.25) is 0 Å². The molecule has 3 heterocycles. The molecule has 0 saturated carbocycles. The van der Waals surface area contributed by atoms with Crippen LogP contribution in [-0.2, 0) is 11.2 Å². The van der Waals surface area contributed by atoms with Gasteiger partial charge >= 0.3 is 0 Å². The molecule has 9 heteroatoms. The van der Waals surface area contributed by atoms with Crippen LogP contribution in [0.15, 0.2) is 60.7 Å². The number of imidazole rings is 1. The van der Waals surface area contributed by atoms with E-state index in [1.165, 1.54) is 5.56 Å². The second kappa shape index (κ2) is 11.4. The van der Waals surface area contributed by atoms with Crippen molar-refractivity contribution in [2.24, 2.45) is 0 Å². The molecule has 37 heavy (non-hydrogen) atoms. The minimum absolute atomic E-state index is 0.0590. The molecule has 0 bridgehead atoms. The van der Waals surface area contributed by atoms with Gasteiger partial charge in [0.2, 0.25) is 5.91 Å². The minimum Gasteiger partial charge on any atom is -0.384 e. The van der Waals surface area contributed by atoms with E-state index in [0.717, 1.165) is 39.9 Å². The summed E-state index contributed by atoms with van der Waals surface area (Å²) >= 11 is 0. The Balaban J connectivity index is 0.000000342. The van der Waals surface area contributed by atoms with Gasteiger partial charge in [-0.15, -0.1) is 0 Å². The molecule has 190 valence electrons. The molecule has 0 saturated heterocycles. The number of hydrogen-bond donors (Lipinski definition) is 5. The number of amides is 2. The average Bonchev–Trinajstić information content (AvgIpc) is 3.49. The van der Waals surface area contributed by atoms with E-state index >= 15 is 0 Å². The summed E-state index contributed by atoms with van der Waals surface area (Å²) in [5, 5.41) is 6.13. The first kappa shape index (κ1) is 25.4. The van der Waals surface area contributed by atoms with Gasteiger partial charge in [-0.1, -0.05) is 37.3 Å². The lowest BCUT2D eigenvalue weighted by Gasteiger charge is -2.05. The number of anilines is 1. The quantitative estimate of drug-likeness (QED) is 0.240. The van der Waals surface area contributed by atoms with Gasteiger partial charge in [0.15, 0.2) is 5.65 Å². The highest BCUT2D eigenvalue weighted by Crippen LogP contribution is 2.30. The lowest BCUT2D eigenvalue weighted by molar-refractivity contribution is -0.120. The van der Waals surface area contributed by atoms with Crippen molar-refractivity contribution in [3.63, 3.8) is 0 Å². The largest absolute Gasteiger partial charge is 0.384 e. The van der Waals surface area contributed by atoms with Crippen molar-refractivity contribution < 1.29 is 9.59 Å². The monoisotopic (exact) mass is 497 g/mol. The van der Waals surface area contributed by atoms with Crippen LogP contribution in [0, 0.1) is 6.92 Å². The zero-order chi connectivity index (χ0) is 26.4. The van der Waals surface area contributed by atoms with Crippen molar-refractivity contribution in [2.75, 3.05) is 18.8 Å². The average molecular weight is 498 g/mol. The highest BCUT2D eigenvalue weighted by Gasteiger charge is 2.14. The van der Waals surface area contributed by atoms with Gasteiger partial charge in [-0.25, -0.2) is 9.97 Å². The second-order valence-corrected chi connectivity index (χ2v) is 8.58. The first-order valence-electron chi connectivity index (χ1n) is 12.2. The maximum atomic E-state index is 12.4. The Morgan fingerprint density at radius 1 is 0.946 bits per heavy atom. The first-order valence-corrected chi connectivity index (χ1v) is 12.2. The molecule has 5 aromatic rings. The maximum absolute atomic E-state index is 12.4.